The lowest BCUT2D eigenvalue weighted by Gasteiger charge is -2.16. The SMILES string of the molecule is CCS(=O)(=O)CC(C)Nc1ccc(Cl)cc1C. The first-order valence-corrected chi connectivity index (χ1v) is 7.77. The van der Waals surface area contributed by atoms with E-state index < -0.39 is 9.84 Å². The first-order valence-electron chi connectivity index (χ1n) is 5.57. The molecule has 0 saturated carbocycles. The number of aryl methyl sites for hydroxylation is 1. The highest BCUT2D eigenvalue weighted by Gasteiger charge is 2.14. The van der Waals surface area contributed by atoms with Crippen molar-refractivity contribution in [2.45, 2.75) is 26.8 Å². The molecule has 5 heteroatoms. The summed E-state index contributed by atoms with van der Waals surface area (Å²) in [6, 6.07) is 5.40. The molecule has 1 N–H and O–H groups in total. The molecule has 1 atom stereocenters. The maximum absolute atomic E-state index is 11.5. The van der Waals surface area contributed by atoms with Gasteiger partial charge in [0.2, 0.25) is 0 Å². The zero-order chi connectivity index (χ0) is 13.1. The Morgan fingerprint density at radius 3 is 2.59 bits per heavy atom. The Labute approximate surface area is 108 Å². The Kier molecular flexibility index (Phi) is 4.83. The summed E-state index contributed by atoms with van der Waals surface area (Å²) < 4.78 is 23.0. The highest BCUT2D eigenvalue weighted by molar-refractivity contribution is 7.91. The number of anilines is 1. The summed E-state index contributed by atoms with van der Waals surface area (Å²) >= 11 is 5.86. The van der Waals surface area contributed by atoms with Crippen LogP contribution >= 0.6 is 11.6 Å². The fourth-order valence-corrected chi connectivity index (χ4v) is 2.90. The molecule has 0 amide bonds. The maximum atomic E-state index is 11.5. The van der Waals surface area contributed by atoms with E-state index in [1.54, 1.807) is 13.0 Å². The van der Waals surface area contributed by atoms with Crippen molar-refractivity contribution in [2.24, 2.45) is 0 Å². The van der Waals surface area contributed by atoms with Crippen molar-refractivity contribution >= 4 is 27.1 Å². The minimum Gasteiger partial charge on any atom is -0.381 e. The molecule has 0 radical (unpaired) electrons. The van der Waals surface area contributed by atoms with Crippen molar-refractivity contribution in [3.63, 3.8) is 0 Å². The van der Waals surface area contributed by atoms with Crippen LogP contribution in [0.4, 0.5) is 5.69 Å². The van der Waals surface area contributed by atoms with Gasteiger partial charge >= 0.3 is 0 Å². The lowest BCUT2D eigenvalue weighted by molar-refractivity contribution is 0.593. The van der Waals surface area contributed by atoms with E-state index in [0.717, 1.165) is 11.3 Å². The smallest absolute Gasteiger partial charge is 0.152 e. The molecule has 3 nitrogen and oxygen atoms in total. The van der Waals surface area contributed by atoms with Crippen LogP contribution in [-0.2, 0) is 9.84 Å². The van der Waals surface area contributed by atoms with Crippen LogP contribution < -0.4 is 5.32 Å². The molecule has 0 aliphatic rings. The van der Waals surface area contributed by atoms with Gasteiger partial charge in [-0.05, 0) is 37.6 Å². The van der Waals surface area contributed by atoms with Crippen molar-refractivity contribution in [3.8, 4) is 0 Å². The average Bonchev–Trinajstić information content (AvgIpc) is 2.21. The van der Waals surface area contributed by atoms with Gasteiger partial charge in [-0.1, -0.05) is 18.5 Å². The van der Waals surface area contributed by atoms with Crippen LogP contribution in [0, 0.1) is 6.92 Å². The van der Waals surface area contributed by atoms with Crippen LogP contribution in [0.1, 0.15) is 19.4 Å². The zero-order valence-electron chi connectivity index (χ0n) is 10.3. The van der Waals surface area contributed by atoms with Crippen LogP contribution in [-0.4, -0.2) is 26.0 Å². The largest absolute Gasteiger partial charge is 0.381 e. The van der Waals surface area contributed by atoms with Gasteiger partial charge in [-0.15, -0.1) is 0 Å². The van der Waals surface area contributed by atoms with Gasteiger partial charge in [0.15, 0.2) is 9.84 Å². The van der Waals surface area contributed by atoms with E-state index in [9.17, 15) is 8.42 Å². The first kappa shape index (κ1) is 14.3. The van der Waals surface area contributed by atoms with E-state index in [1.165, 1.54) is 0 Å². The number of benzene rings is 1. The third kappa shape index (κ3) is 4.56. The summed E-state index contributed by atoms with van der Waals surface area (Å²) in [5.74, 6) is 0.324. The molecule has 0 aromatic heterocycles. The number of nitrogens with one attached hydrogen (secondary N) is 1. The maximum Gasteiger partial charge on any atom is 0.152 e. The predicted molar refractivity (Wildman–Crippen MR) is 73.6 cm³/mol. The average molecular weight is 276 g/mol. The number of hydrogen-bond donors (Lipinski definition) is 1. The monoisotopic (exact) mass is 275 g/mol. The van der Waals surface area contributed by atoms with Crippen molar-refractivity contribution < 1.29 is 8.42 Å². The molecule has 96 valence electrons. The molecular formula is C12H18ClNO2S. The first-order chi connectivity index (χ1) is 7.84. The third-order valence-corrected chi connectivity index (χ3v) is 4.66. The summed E-state index contributed by atoms with van der Waals surface area (Å²) in [6.07, 6.45) is 0. The quantitative estimate of drug-likeness (QED) is 0.899. The number of rotatable bonds is 5. The lowest BCUT2D eigenvalue weighted by Crippen LogP contribution is -2.27. The molecule has 1 rings (SSSR count). The minimum absolute atomic E-state index is 0.111. The van der Waals surface area contributed by atoms with E-state index in [4.69, 9.17) is 11.6 Å². The van der Waals surface area contributed by atoms with E-state index in [2.05, 4.69) is 5.32 Å². The lowest BCUT2D eigenvalue weighted by atomic mass is 10.2. The Balaban J connectivity index is 2.72. The summed E-state index contributed by atoms with van der Waals surface area (Å²) in [5.41, 5.74) is 1.94. The van der Waals surface area contributed by atoms with E-state index in [1.807, 2.05) is 26.0 Å². The Bertz CT molecular complexity index is 485. The topological polar surface area (TPSA) is 46.2 Å². The second kappa shape index (κ2) is 5.74. The Morgan fingerprint density at radius 2 is 2.06 bits per heavy atom. The molecule has 0 aliphatic heterocycles. The fraction of sp³-hybridized carbons (Fsp3) is 0.500. The van der Waals surface area contributed by atoms with Gasteiger partial charge in [0, 0.05) is 22.5 Å². The van der Waals surface area contributed by atoms with E-state index in [-0.39, 0.29) is 17.5 Å². The van der Waals surface area contributed by atoms with E-state index >= 15 is 0 Å². The molecule has 17 heavy (non-hydrogen) atoms. The van der Waals surface area contributed by atoms with Crippen molar-refractivity contribution in [3.05, 3.63) is 28.8 Å². The molecule has 0 bridgehead atoms. The number of hydrogen-bond acceptors (Lipinski definition) is 3. The second-order valence-electron chi connectivity index (χ2n) is 4.20. The van der Waals surface area contributed by atoms with Crippen LogP contribution in [0.3, 0.4) is 0 Å². The normalized spacial score (nSPS) is 13.4. The summed E-state index contributed by atoms with van der Waals surface area (Å²) in [5, 5.41) is 3.87. The molecular weight excluding hydrogens is 258 g/mol. The Hall–Kier alpha value is -0.740. The number of sulfone groups is 1. The van der Waals surface area contributed by atoms with Crippen LogP contribution in [0.15, 0.2) is 18.2 Å². The van der Waals surface area contributed by atoms with Gasteiger partial charge in [-0.2, -0.15) is 0 Å². The van der Waals surface area contributed by atoms with E-state index in [0.29, 0.717) is 5.02 Å². The third-order valence-electron chi connectivity index (χ3n) is 2.53. The Morgan fingerprint density at radius 1 is 1.41 bits per heavy atom. The van der Waals surface area contributed by atoms with Crippen molar-refractivity contribution in [2.75, 3.05) is 16.8 Å². The summed E-state index contributed by atoms with van der Waals surface area (Å²) in [6.45, 7) is 5.46. The molecule has 0 aliphatic carbocycles. The zero-order valence-corrected chi connectivity index (χ0v) is 11.9. The van der Waals surface area contributed by atoms with Crippen molar-refractivity contribution in [1.82, 2.24) is 0 Å². The highest BCUT2D eigenvalue weighted by atomic mass is 35.5. The van der Waals surface area contributed by atoms with Gasteiger partial charge in [-0.25, -0.2) is 8.42 Å². The number of halogens is 1. The summed E-state index contributed by atoms with van der Waals surface area (Å²) in [7, 11) is -2.95. The molecule has 0 heterocycles. The highest BCUT2D eigenvalue weighted by Crippen LogP contribution is 2.20. The summed E-state index contributed by atoms with van der Waals surface area (Å²) in [4.78, 5) is 0. The second-order valence-corrected chi connectivity index (χ2v) is 7.04. The molecule has 1 aromatic carbocycles. The van der Waals surface area contributed by atoms with Crippen molar-refractivity contribution in [1.29, 1.82) is 0 Å². The molecule has 1 unspecified atom stereocenters. The van der Waals surface area contributed by atoms with Gasteiger partial charge in [0.1, 0.15) is 0 Å². The van der Waals surface area contributed by atoms with Gasteiger partial charge in [0.05, 0.1) is 5.75 Å². The molecule has 0 spiro atoms. The fourth-order valence-electron chi connectivity index (χ4n) is 1.59. The molecule has 0 fully saturated rings. The van der Waals surface area contributed by atoms with Gasteiger partial charge < -0.3 is 5.32 Å². The van der Waals surface area contributed by atoms with Crippen LogP contribution in [0.5, 0.6) is 0 Å². The molecule has 0 saturated heterocycles. The molecule has 1 aromatic rings. The van der Waals surface area contributed by atoms with Gasteiger partial charge in [0.25, 0.3) is 0 Å². The standard InChI is InChI=1S/C12H18ClNO2S/c1-4-17(15,16)8-10(3)14-12-6-5-11(13)7-9(12)2/h5-7,10,14H,4,8H2,1-3H3. The van der Waals surface area contributed by atoms with Crippen LogP contribution in [0.25, 0.3) is 0 Å². The van der Waals surface area contributed by atoms with Gasteiger partial charge in [-0.3, -0.25) is 0 Å². The van der Waals surface area contributed by atoms with Crippen LogP contribution in [0.2, 0.25) is 5.02 Å². The minimum atomic E-state index is -2.95. The predicted octanol–water partition coefficient (Wildman–Crippen LogP) is 2.88.